The first kappa shape index (κ1) is 12.8. The van der Waals surface area contributed by atoms with Crippen LogP contribution in [-0.2, 0) is 14.3 Å². The van der Waals surface area contributed by atoms with Gasteiger partial charge in [0.25, 0.3) is 11.7 Å². The SMILES string of the molecule is CCOC(=O)C(=O)CNC(=O)c1ccccn1. The minimum absolute atomic E-state index is 0.124. The van der Waals surface area contributed by atoms with Gasteiger partial charge < -0.3 is 10.1 Å². The molecule has 0 atom stereocenters. The quantitative estimate of drug-likeness (QED) is 0.572. The number of carbonyl (C=O) groups excluding carboxylic acids is 3. The van der Waals surface area contributed by atoms with E-state index in [1.54, 1.807) is 19.1 Å². The molecule has 0 saturated heterocycles. The third kappa shape index (κ3) is 4.02. The molecule has 0 bridgehead atoms. The van der Waals surface area contributed by atoms with E-state index in [1.165, 1.54) is 12.3 Å². The molecular formula is C11H12N2O4. The van der Waals surface area contributed by atoms with Gasteiger partial charge in [-0.05, 0) is 19.1 Å². The van der Waals surface area contributed by atoms with E-state index in [0.29, 0.717) is 0 Å². The second-order valence-electron chi connectivity index (χ2n) is 3.04. The molecule has 1 aromatic rings. The van der Waals surface area contributed by atoms with Gasteiger partial charge in [-0.1, -0.05) is 6.07 Å². The molecule has 0 aliphatic carbocycles. The molecule has 0 aliphatic heterocycles. The van der Waals surface area contributed by atoms with Gasteiger partial charge in [-0.25, -0.2) is 4.79 Å². The number of ketones is 1. The monoisotopic (exact) mass is 236 g/mol. The molecular weight excluding hydrogens is 224 g/mol. The molecule has 1 rings (SSSR count). The van der Waals surface area contributed by atoms with Gasteiger partial charge >= 0.3 is 5.97 Å². The number of hydrogen-bond acceptors (Lipinski definition) is 5. The first-order valence-electron chi connectivity index (χ1n) is 5.04. The lowest BCUT2D eigenvalue weighted by Crippen LogP contribution is -2.34. The number of rotatable bonds is 5. The van der Waals surface area contributed by atoms with Crippen molar-refractivity contribution in [1.82, 2.24) is 10.3 Å². The van der Waals surface area contributed by atoms with Crippen molar-refractivity contribution >= 4 is 17.7 Å². The van der Waals surface area contributed by atoms with Crippen LogP contribution in [0.4, 0.5) is 0 Å². The van der Waals surface area contributed by atoms with Crippen LogP contribution in [0, 0.1) is 0 Å². The summed E-state index contributed by atoms with van der Waals surface area (Å²) in [6.07, 6.45) is 1.46. The second-order valence-corrected chi connectivity index (χ2v) is 3.04. The van der Waals surface area contributed by atoms with Crippen LogP contribution in [-0.4, -0.2) is 35.8 Å². The first-order chi connectivity index (χ1) is 8.15. The minimum Gasteiger partial charge on any atom is -0.460 e. The van der Waals surface area contributed by atoms with Crippen molar-refractivity contribution in [1.29, 1.82) is 0 Å². The van der Waals surface area contributed by atoms with E-state index >= 15 is 0 Å². The Morgan fingerprint density at radius 1 is 1.35 bits per heavy atom. The largest absolute Gasteiger partial charge is 0.460 e. The Labute approximate surface area is 98.0 Å². The summed E-state index contributed by atoms with van der Waals surface area (Å²) in [5, 5.41) is 2.29. The molecule has 1 heterocycles. The van der Waals surface area contributed by atoms with Gasteiger partial charge in [0, 0.05) is 6.20 Å². The third-order valence-corrected chi connectivity index (χ3v) is 1.81. The number of amides is 1. The van der Waals surface area contributed by atoms with E-state index in [9.17, 15) is 14.4 Å². The van der Waals surface area contributed by atoms with Crippen LogP contribution in [0.5, 0.6) is 0 Å². The topological polar surface area (TPSA) is 85.4 Å². The normalized spacial score (nSPS) is 9.47. The number of hydrogen-bond donors (Lipinski definition) is 1. The molecule has 0 fully saturated rings. The van der Waals surface area contributed by atoms with E-state index < -0.39 is 24.2 Å². The highest BCUT2D eigenvalue weighted by atomic mass is 16.5. The van der Waals surface area contributed by atoms with Gasteiger partial charge in [-0.2, -0.15) is 0 Å². The summed E-state index contributed by atoms with van der Waals surface area (Å²) < 4.78 is 4.49. The van der Waals surface area contributed by atoms with Crippen molar-refractivity contribution < 1.29 is 19.1 Å². The second kappa shape index (κ2) is 6.37. The molecule has 1 aromatic heterocycles. The van der Waals surface area contributed by atoms with Crippen molar-refractivity contribution in [2.24, 2.45) is 0 Å². The molecule has 0 aliphatic rings. The molecule has 0 aromatic carbocycles. The van der Waals surface area contributed by atoms with Crippen LogP contribution < -0.4 is 5.32 Å². The zero-order valence-electron chi connectivity index (χ0n) is 9.30. The number of nitrogens with zero attached hydrogens (tertiary/aromatic N) is 1. The third-order valence-electron chi connectivity index (χ3n) is 1.81. The van der Waals surface area contributed by atoms with Crippen LogP contribution in [0.2, 0.25) is 0 Å². The molecule has 0 saturated carbocycles. The fourth-order valence-electron chi connectivity index (χ4n) is 1.03. The highest BCUT2D eigenvalue weighted by molar-refractivity contribution is 6.34. The Hall–Kier alpha value is -2.24. The fraction of sp³-hybridized carbons (Fsp3) is 0.273. The number of esters is 1. The number of aromatic nitrogens is 1. The van der Waals surface area contributed by atoms with E-state index in [2.05, 4.69) is 15.0 Å². The van der Waals surface area contributed by atoms with Crippen LogP contribution in [0.25, 0.3) is 0 Å². The molecule has 90 valence electrons. The smallest absolute Gasteiger partial charge is 0.376 e. The Morgan fingerprint density at radius 2 is 2.12 bits per heavy atom. The summed E-state index contributed by atoms with van der Waals surface area (Å²) in [6.45, 7) is 1.32. The molecule has 6 heteroatoms. The van der Waals surface area contributed by atoms with Crippen LogP contribution >= 0.6 is 0 Å². The lowest BCUT2D eigenvalue weighted by atomic mass is 10.3. The maximum absolute atomic E-state index is 11.5. The molecule has 0 radical (unpaired) electrons. The van der Waals surface area contributed by atoms with Gasteiger partial charge in [0.1, 0.15) is 5.69 Å². The van der Waals surface area contributed by atoms with Gasteiger partial charge in [0.05, 0.1) is 13.2 Å². The van der Waals surface area contributed by atoms with Crippen LogP contribution in [0.15, 0.2) is 24.4 Å². The number of nitrogens with one attached hydrogen (secondary N) is 1. The Kier molecular flexibility index (Phi) is 4.80. The molecule has 0 unspecified atom stereocenters. The van der Waals surface area contributed by atoms with Gasteiger partial charge in [0.2, 0.25) is 0 Å². The van der Waals surface area contributed by atoms with E-state index in [-0.39, 0.29) is 12.3 Å². The summed E-state index contributed by atoms with van der Waals surface area (Å²) in [7, 11) is 0. The summed E-state index contributed by atoms with van der Waals surface area (Å²) in [6, 6.07) is 4.82. The van der Waals surface area contributed by atoms with E-state index in [4.69, 9.17) is 0 Å². The minimum atomic E-state index is -0.950. The molecule has 1 amide bonds. The molecule has 0 spiro atoms. The van der Waals surface area contributed by atoms with Crippen molar-refractivity contribution in [2.75, 3.05) is 13.2 Å². The summed E-state index contributed by atoms with van der Waals surface area (Å²) in [5.74, 6) is -2.26. The maximum atomic E-state index is 11.5. The Morgan fingerprint density at radius 3 is 2.71 bits per heavy atom. The lowest BCUT2D eigenvalue weighted by molar-refractivity contribution is -0.153. The molecule has 17 heavy (non-hydrogen) atoms. The van der Waals surface area contributed by atoms with Crippen molar-refractivity contribution in [2.45, 2.75) is 6.92 Å². The summed E-state index contributed by atoms with van der Waals surface area (Å²) in [4.78, 5) is 37.4. The number of Topliss-reactive ketones (excluding diaryl/α,β-unsaturated/α-hetero) is 1. The Bertz CT molecular complexity index is 417. The molecule has 1 N–H and O–H groups in total. The summed E-state index contributed by atoms with van der Waals surface area (Å²) >= 11 is 0. The fourth-order valence-corrected chi connectivity index (χ4v) is 1.03. The standard InChI is InChI=1S/C11H12N2O4/c1-2-17-11(16)9(14)7-13-10(15)8-5-3-4-6-12-8/h3-6H,2,7H2,1H3,(H,13,15). The van der Waals surface area contributed by atoms with Crippen molar-refractivity contribution in [3.63, 3.8) is 0 Å². The van der Waals surface area contributed by atoms with Gasteiger partial charge in [-0.15, -0.1) is 0 Å². The Balaban J connectivity index is 2.44. The highest BCUT2D eigenvalue weighted by Crippen LogP contribution is 1.92. The van der Waals surface area contributed by atoms with Crippen LogP contribution in [0.3, 0.4) is 0 Å². The lowest BCUT2D eigenvalue weighted by Gasteiger charge is -2.03. The predicted octanol–water partition coefficient (Wildman–Crippen LogP) is -0.0564. The molecule has 6 nitrogen and oxygen atoms in total. The number of ether oxygens (including phenoxy) is 1. The first-order valence-corrected chi connectivity index (χ1v) is 5.04. The van der Waals surface area contributed by atoms with Gasteiger partial charge in [-0.3, -0.25) is 14.6 Å². The predicted molar refractivity (Wildman–Crippen MR) is 58.2 cm³/mol. The van der Waals surface area contributed by atoms with E-state index in [0.717, 1.165) is 0 Å². The summed E-state index contributed by atoms with van der Waals surface area (Å²) in [5.41, 5.74) is 0.184. The van der Waals surface area contributed by atoms with Crippen molar-refractivity contribution in [3.05, 3.63) is 30.1 Å². The number of pyridine rings is 1. The van der Waals surface area contributed by atoms with Crippen molar-refractivity contribution in [3.8, 4) is 0 Å². The average molecular weight is 236 g/mol. The average Bonchev–Trinajstić information content (AvgIpc) is 2.36. The maximum Gasteiger partial charge on any atom is 0.376 e. The van der Waals surface area contributed by atoms with Crippen LogP contribution in [0.1, 0.15) is 17.4 Å². The highest BCUT2D eigenvalue weighted by Gasteiger charge is 2.16. The van der Waals surface area contributed by atoms with E-state index in [1.807, 2.05) is 0 Å². The zero-order chi connectivity index (χ0) is 12.7. The van der Waals surface area contributed by atoms with Gasteiger partial charge in [0.15, 0.2) is 0 Å². The number of carbonyl (C=O) groups is 3. The zero-order valence-corrected chi connectivity index (χ0v) is 9.30.